The van der Waals surface area contributed by atoms with Gasteiger partial charge in [0.1, 0.15) is 23.6 Å². The van der Waals surface area contributed by atoms with Crippen molar-refractivity contribution in [1.82, 2.24) is 14.5 Å². The molecule has 1 aliphatic heterocycles. The predicted octanol–water partition coefficient (Wildman–Crippen LogP) is 7.96. The van der Waals surface area contributed by atoms with Crippen molar-refractivity contribution < 1.29 is 23.7 Å². The molecular weight excluding hydrogens is 608 g/mol. The van der Waals surface area contributed by atoms with Gasteiger partial charge in [-0.05, 0) is 69.6 Å². The van der Waals surface area contributed by atoms with Gasteiger partial charge in [-0.15, -0.1) is 0 Å². The first-order valence-corrected chi connectivity index (χ1v) is 19.5. The fourth-order valence-electron chi connectivity index (χ4n) is 4.91. The second-order valence-corrected chi connectivity index (χ2v) is 19.6. The molecule has 5 rings (SSSR count). The number of nitrogens with zero attached hydrogens (tertiary/aromatic N) is 4. The number of carbonyl (C=O) groups excluding carboxylic acids is 1. The Morgan fingerprint density at radius 3 is 2.40 bits per heavy atom. The van der Waals surface area contributed by atoms with Crippen LogP contribution in [0.2, 0.25) is 30.7 Å². The summed E-state index contributed by atoms with van der Waals surface area (Å²) in [6.07, 6.45) is 0. The summed E-state index contributed by atoms with van der Waals surface area (Å²) in [5.41, 5.74) is 4.46. The number of aromatic nitrogens is 3. The molecule has 0 unspecified atom stereocenters. The zero-order chi connectivity index (χ0) is 32.4. The Morgan fingerprint density at radius 2 is 1.73 bits per heavy atom. The van der Waals surface area contributed by atoms with E-state index in [-0.39, 0.29) is 6.73 Å². The van der Waals surface area contributed by atoms with Gasteiger partial charge in [-0.2, -0.15) is 4.98 Å². The second kappa shape index (κ2) is 13.5. The van der Waals surface area contributed by atoms with Crippen molar-refractivity contribution in [3.63, 3.8) is 0 Å². The summed E-state index contributed by atoms with van der Waals surface area (Å²) in [7, 11) is -1.29. The summed E-state index contributed by atoms with van der Waals surface area (Å²) in [6, 6.07) is 16.7. The van der Waals surface area contributed by atoms with E-state index in [9.17, 15) is 4.79 Å². The first kappa shape index (κ1) is 32.9. The minimum absolute atomic E-state index is 0.200. The Labute approximate surface area is 271 Å². The number of anilines is 1. The van der Waals surface area contributed by atoms with Gasteiger partial charge in [-0.25, -0.2) is 9.78 Å². The van der Waals surface area contributed by atoms with Crippen LogP contribution in [-0.2, 0) is 20.9 Å². The van der Waals surface area contributed by atoms with Gasteiger partial charge in [-0.1, -0.05) is 49.4 Å². The molecule has 11 heteroatoms. The maximum absolute atomic E-state index is 12.9. The Balaban J connectivity index is 1.48. The molecule has 45 heavy (non-hydrogen) atoms. The lowest BCUT2D eigenvalue weighted by Gasteiger charge is -2.28. The smallest absolute Gasteiger partial charge is 0.339 e. The number of rotatable bonds is 10. The van der Waals surface area contributed by atoms with Crippen LogP contribution in [0.4, 0.5) is 5.69 Å². The zero-order valence-electron chi connectivity index (χ0n) is 27.3. The van der Waals surface area contributed by atoms with Crippen LogP contribution in [0, 0.1) is 6.92 Å². The third-order valence-electron chi connectivity index (χ3n) is 7.41. The lowest BCUT2D eigenvalue weighted by Crippen LogP contribution is -2.36. The summed E-state index contributed by atoms with van der Waals surface area (Å²) in [4.78, 5) is 25.0. The van der Waals surface area contributed by atoms with Crippen LogP contribution in [0.5, 0.6) is 11.8 Å². The monoisotopic (exact) mass is 650 g/mol. The predicted molar refractivity (Wildman–Crippen MR) is 182 cm³/mol. The number of morpholine rings is 1. The number of halogens is 1. The standard InChI is InChI=1S/C34H43ClN4O5Si/c1-23-8-13-26(20-27(23)32(40)44-34(2,3)4)43-33-36-29-21-28(35)30(37-31(29)39(33)22-42-18-19-45(5,6)7)24-9-11-25(12-10-24)38-14-16-41-17-15-38/h8-13,20-21H,14-19,22H2,1-7H3. The molecule has 0 spiro atoms. The molecule has 9 nitrogen and oxygen atoms in total. The number of aryl methyl sites for hydroxylation is 1. The van der Waals surface area contributed by atoms with Crippen LogP contribution in [0.15, 0.2) is 48.5 Å². The van der Waals surface area contributed by atoms with E-state index in [1.807, 2.05) is 56.5 Å². The molecule has 0 saturated carbocycles. The number of imidazole rings is 1. The summed E-state index contributed by atoms with van der Waals surface area (Å²) in [5.74, 6) is 0.0384. The van der Waals surface area contributed by atoms with Crippen LogP contribution >= 0.6 is 11.6 Å². The number of esters is 1. The highest BCUT2D eigenvalue weighted by molar-refractivity contribution is 6.76. The molecule has 0 radical (unpaired) electrons. The van der Waals surface area contributed by atoms with E-state index in [2.05, 4.69) is 36.7 Å². The first-order chi connectivity index (χ1) is 21.3. The molecule has 1 fully saturated rings. The molecule has 4 aromatic rings. The van der Waals surface area contributed by atoms with Crippen molar-refractivity contribution in [1.29, 1.82) is 0 Å². The number of hydrogen-bond acceptors (Lipinski definition) is 8. The number of pyridine rings is 1. The summed E-state index contributed by atoms with van der Waals surface area (Å²) >= 11 is 6.79. The third-order valence-corrected chi connectivity index (χ3v) is 9.40. The third kappa shape index (κ3) is 8.43. The van der Waals surface area contributed by atoms with Gasteiger partial charge in [-0.3, -0.25) is 4.57 Å². The van der Waals surface area contributed by atoms with Gasteiger partial charge in [0.05, 0.1) is 29.5 Å². The van der Waals surface area contributed by atoms with E-state index in [4.69, 9.17) is 40.5 Å². The molecule has 2 aromatic heterocycles. The van der Waals surface area contributed by atoms with Crippen molar-refractivity contribution in [2.45, 2.75) is 65.7 Å². The molecule has 1 saturated heterocycles. The number of benzene rings is 2. The molecule has 0 aliphatic carbocycles. The molecular formula is C34H43ClN4O5Si. The molecule has 0 amide bonds. The maximum Gasteiger partial charge on any atom is 0.339 e. The molecule has 240 valence electrons. The van der Waals surface area contributed by atoms with Crippen LogP contribution in [0.25, 0.3) is 22.4 Å². The largest absolute Gasteiger partial charge is 0.456 e. The SMILES string of the molecule is Cc1ccc(Oc2nc3cc(Cl)c(-c4ccc(N5CCOCC5)cc4)nc3n2COCC[Si](C)(C)C)cc1C(=O)OC(C)(C)C. The fourth-order valence-corrected chi connectivity index (χ4v) is 5.92. The van der Waals surface area contributed by atoms with Gasteiger partial charge in [0, 0.05) is 39.0 Å². The molecule has 0 N–H and O–H groups in total. The van der Waals surface area contributed by atoms with Crippen molar-refractivity contribution in [2.75, 3.05) is 37.8 Å². The number of hydrogen-bond donors (Lipinski definition) is 0. The van der Waals surface area contributed by atoms with E-state index in [0.29, 0.717) is 45.8 Å². The van der Waals surface area contributed by atoms with E-state index >= 15 is 0 Å². The molecule has 0 atom stereocenters. The van der Waals surface area contributed by atoms with E-state index in [1.54, 1.807) is 12.1 Å². The average molecular weight is 651 g/mol. The lowest BCUT2D eigenvalue weighted by molar-refractivity contribution is 0.00682. The summed E-state index contributed by atoms with van der Waals surface area (Å²) in [5, 5.41) is 0.486. The highest BCUT2D eigenvalue weighted by Gasteiger charge is 2.22. The Morgan fingerprint density at radius 1 is 1.02 bits per heavy atom. The summed E-state index contributed by atoms with van der Waals surface area (Å²) in [6.45, 7) is 18.3. The van der Waals surface area contributed by atoms with Crippen molar-refractivity contribution in [3.8, 4) is 23.0 Å². The maximum atomic E-state index is 12.9. The number of fused-ring (bicyclic) bond motifs is 1. The topological polar surface area (TPSA) is 87.9 Å². The van der Waals surface area contributed by atoms with E-state index < -0.39 is 19.6 Å². The van der Waals surface area contributed by atoms with Gasteiger partial charge in [0.2, 0.25) is 0 Å². The highest BCUT2D eigenvalue weighted by atomic mass is 35.5. The Hall–Kier alpha value is -3.44. The van der Waals surface area contributed by atoms with Crippen LogP contribution < -0.4 is 9.64 Å². The van der Waals surface area contributed by atoms with Gasteiger partial charge in [0.25, 0.3) is 0 Å². The number of ether oxygens (including phenoxy) is 4. The van der Waals surface area contributed by atoms with Crippen molar-refractivity contribution in [3.05, 3.63) is 64.7 Å². The van der Waals surface area contributed by atoms with Gasteiger partial charge < -0.3 is 23.8 Å². The molecule has 1 aliphatic rings. The lowest BCUT2D eigenvalue weighted by atomic mass is 10.1. The fraction of sp³-hybridized carbons (Fsp3) is 0.441. The molecule has 0 bridgehead atoms. The van der Waals surface area contributed by atoms with E-state index in [0.717, 1.165) is 49.2 Å². The molecule has 3 heterocycles. The van der Waals surface area contributed by atoms with Crippen molar-refractivity contribution in [2.24, 2.45) is 0 Å². The number of carbonyl (C=O) groups is 1. The van der Waals surface area contributed by atoms with E-state index in [1.165, 1.54) is 0 Å². The van der Waals surface area contributed by atoms with Crippen LogP contribution in [0.3, 0.4) is 0 Å². The minimum Gasteiger partial charge on any atom is -0.456 e. The highest BCUT2D eigenvalue weighted by Crippen LogP contribution is 2.34. The first-order valence-electron chi connectivity index (χ1n) is 15.4. The Bertz CT molecular complexity index is 1650. The average Bonchev–Trinajstić information content (AvgIpc) is 3.30. The minimum atomic E-state index is -1.29. The summed E-state index contributed by atoms with van der Waals surface area (Å²) < 4.78 is 25.4. The van der Waals surface area contributed by atoms with Crippen LogP contribution in [0.1, 0.15) is 36.7 Å². The van der Waals surface area contributed by atoms with Crippen molar-refractivity contribution >= 4 is 42.5 Å². The van der Waals surface area contributed by atoms with Crippen LogP contribution in [-0.4, -0.2) is 67.1 Å². The quantitative estimate of drug-likeness (QED) is 0.0971. The zero-order valence-corrected chi connectivity index (χ0v) is 29.0. The van der Waals surface area contributed by atoms with Gasteiger partial charge in [0.15, 0.2) is 5.65 Å². The second-order valence-electron chi connectivity index (χ2n) is 13.6. The normalized spacial score (nSPS) is 14.2. The molecule has 2 aromatic carbocycles. The Kier molecular flexibility index (Phi) is 9.88. The van der Waals surface area contributed by atoms with Gasteiger partial charge >= 0.3 is 12.0 Å².